The minimum absolute atomic E-state index is 0.206. The van der Waals surface area contributed by atoms with Crippen LogP contribution in [0.25, 0.3) is 0 Å². The van der Waals surface area contributed by atoms with E-state index in [1.807, 2.05) is 11.0 Å². The molecule has 3 aliphatic heterocycles. The van der Waals surface area contributed by atoms with Gasteiger partial charge in [0.2, 0.25) is 11.8 Å². The predicted octanol–water partition coefficient (Wildman–Crippen LogP) is 3.54. The van der Waals surface area contributed by atoms with Crippen LogP contribution in [0.5, 0.6) is 0 Å². The van der Waals surface area contributed by atoms with E-state index in [1.165, 1.54) is 12.0 Å². The molecule has 0 aromatic heterocycles. The number of nitrogens with zero attached hydrogens (tertiary/aromatic N) is 3. The van der Waals surface area contributed by atoms with Crippen molar-refractivity contribution in [2.75, 3.05) is 32.7 Å². The topological polar surface area (TPSA) is 43.9 Å². The highest BCUT2D eigenvalue weighted by Gasteiger charge is 2.36. The van der Waals surface area contributed by atoms with E-state index in [2.05, 4.69) is 34.1 Å². The van der Waals surface area contributed by atoms with E-state index in [1.54, 1.807) is 6.92 Å². The molecule has 0 saturated carbocycles. The maximum atomic E-state index is 13.4. The summed E-state index contributed by atoms with van der Waals surface area (Å²) in [5, 5.41) is 0. The first kappa shape index (κ1) is 21.4. The standard InChI is InChI=1S/C25H37N3O2/c1-20(29)26-17-12-23(13-18-26)27-15-10-22(11-16-27)24-9-5-6-14-28(25(24)30)19-21-7-3-2-4-8-21/h2-4,7-8,22-24H,5-6,9-19H2,1H3. The largest absolute Gasteiger partial charge is 0.343 e. The van der Waals surface area contributed by atoms with Crippen molar-refractivity contribution >= 4 is 11.8 Å². The third-order valence-electron chi connectivity index (χ3n) is 7.61. The first-order chi connectivity index (χ1) is 14.6. The molecule has 4 rings (SSSR count). The molecule has 0 bridgehead atoms. The van der Waals surface area contributed by atoms with Gasteiger partial charge < -0.3 is 14.7 Å². The molecular weight excluding hydrogens is 374 g/mol. The van der Waals surface area contributed by atoms with Gasteiger partial charge in [-0.3, -0.25) is 9.59 Å². The number of rotatable bonds is 4. The summed E-state index contributed by atoms with van der Waals surface area (Å²) < 4.78 is 0. The molecule has 30 heavy (non-hydrogen) atoms. The van der Waals surface area contributed by atoms with Crippen molar-refractivity contribution in [3.8, 4) is 0 Å². The summed E-state index contributed by atoms with van der Waals surface area (Å²) in [5.74, 6) is 1.34. The third kappa shape index (κ3) is 5.05. The van der Waals surface area contributed by atoms with E-state index in [-0.39, 0.29) is 11.8 Å². The van der Waals surface area contributed by atoms with Gasteiger partial charge in [0, 0.05) is 45.1 Å². The van der Waals surface area contributed by atoms with Crippen LogP contribution in [-0.4, -0.2) is 65.3 Å². The van der Waals surface area contributed by atoms with Crippen molar-refractivity contribution in [3.05, 3.63) is 35.9 Å². The molecule has 3 fully saturated rings. The van der Waals surface area contributed by atoms with Gasteiger partial charge in [-0.1, -0.05) is 36.8 Å². The van der Waals surface area contributed by atoms with E-state index in [0.29, 0.717) is 17.9 Å². The van der Waals surface area contributed by atoms with Crippen molar-refractivity contribution in [1.82, 2.24) is 14.7 Å². The fraction of sp³-hybridized carbons (Fsp3) is 0.680. The summed E-state index contributed by atoms with van der Waals surface area (Å²) in [4.78, 5) is 31.7. The zero-order valence-electron chi connectivity index (χ0n) is 18.5. The van der Waals surface area contributed by atoms with Gasteiger partial charge in [-0.05, 0) is 63.1 Å². The van der Waals surface area contributed by atoms with Crippen molar-refractivity contribution in [2.24, 2.45) is 11.8 Å². The van der Waals surface area contributed by atoms with E-state index in [4.69, 9.17) is 0 Å². The van der Waals surface area contributed by atoms with Crippen molar-refractivity contribution in [3.63, 3.8) is 0 Å². The zero-order valence-corrected chi connectivity index (χ0v) is 18.5. The van der Waals surface area contributed by atoms with Crippen LogP contribution in [-0.2, 0) is 16.1 Å². The number of amides is 2. The first-order valence-electron chi connectivity index (χ1n) is 11.9. The van der Waals surface area contributed by atoms with Gasteiger partial charge in [0.25, 0.3) is 0 Å². The molecule has 1 unspecified atom stereocenters. The molecule has 1 aromatic rings. The highest BCUT2D eigenvalue weighted by atomic mass is 16.2. The summed E-state index contributed by atoms with van der Waals surface area (Å²) in [6.45, 7) is 7.35. The Morgan fingerprint density at radius 1 is 0.900 bits per heavy atom. The number of carbonyl (C=O) groups is 2. The quantitative estimate of drug-likeness (QED) is 0.761. The summed E-state index contributed by atoms with van der Waals surface area (Å²) in [5.41, 5.74) is 1.23. The highest BCUT2D eigenvalue weighted by molar-refractivity contribution is 5.79. The lowest BCUT2D eigenvalue weighted by Crippen LogP contribution is -2.49. The summed E-state index contributed by atoms with van der Waals surface area (Å²) in [6, 6.07) is 11.0. The number of hydrogen-bond acceptors (Lipinski definition) is 3. The Morgan fingerprint density at radius 2 is 1.60 bits per heavy atom. The van der Waals surface area contributed by atoms with Gasteiger partial charge in [0.15, 0.2) is 0 Å². The van der Waals surface area contributed by atoms with E-state index < -0.39 is 0 Å². The fourth-order valence-corrected chi connectivity index (χ4v) is 5.77. The molecule has 3 heterocycles. The van der Waals surface area contributed by atoms with Crippen LogP contribution in [0.1, 0.15) is 57.4 Å². The lowest BCUT2D eigenvalue weighted by atomic mass is 9.80. The predicted molar refractivity (Wildman–Crippen MR) is 119 cm³/mol. The summed E-state index contributed by atoms with van der Waals surface area (Å²) in [7, 11) is 0. The number of benzene rings is 1. The number of piperidine rings is 2. The van der Waals surface area contributed by atoms with Gasteiger partial charge in [-0.2, -0.15) is 0 Å². The fourth-order valence-electron chi connectivity index (χ4n) is 5.77. The third-order valence-corrected chi connectivity index (χ3v) is 7.61. The van der Waals surface area contributed by atoms with Crippen LogP contribution in [0.3, 0.4) is 0 Å². The van der Waals surface area contributed by atoms with Crippen LogP contribution in [0.15, 0.2) is 30.3 Å². The first-order valence-corrected chi connectivity index (χ1v) is 11.9. The average Bonchev–Trinajstić information content (AvgIpc) is 2.96. The Morgan fingerprint density at radius 3 is 2.27 bits per heavy atom. The van der Waals surface area contributed by atoms with Gasteiger partial charge in [0.1, 0.15) is 0 Å². The summed E-state index contributed by atoms with van der Waals surface area (Å²) >= 11 is 0. The normalized spacial score (nSPS) is 25.4. The Kier molecular flexibility index (Phi) is 7.08. The molecule has 3 saturated heterocycles. The summed E-state index contributed by atoms with van der Waals surface area (Å²) in [6.07, 6.45) is 7.83. The van der Waals surface area contributed by atoms with Gasteiger partial charge in [-0.25, -0.2) is 0 Å². The molecule has 3 aliphatic rings. The Hall–Kier alpha value is -1.88. The van der Waals surface area contributed by atoms with Crippen LogP contribution in [0, 0.1) is 11.8 Å². The molecule has 1 atom stereocenters. The second-order valence-corrected chi connectivity index (χ2v) is 9.46. The van der Waals surface area contributed by atoms with Crippen molar-refractivity contribution in [2.45, 2.75) is 64.5 Å². The van der Waals surface area contributed by atoms with E-state index in [0.717, 1.165) is 77.8 Å². The second kappa shape index (κ2) is 9.95. The lowest BCUT2D eigenvalue weighted by molar-refractivity contribution is -0.138. The molecule has 0 spiro atoms. The van der Waals surface area contributed by atoms with Crippen molar-refractivity contribution < 1.29 is 9.59 Å². The van der Waals surface area contributed by atoms with Crippen molar-refractivity contribution in [1.29, 1.82) is 0 Å². The smallest absolute Gasteiger partial charge is 0.226 e. The monoisotopic (exact) mass is 411 g/mol. The number of hydrogen-bond donors (Lipinski definition) is 0. The molecule has 0 N–H and O–H groups in total. The van der Waals surface area contributed by atoms with Crippen LogP contribution in [0.4, 0.5) is 0 Å². The SMILES string of the molecule is CC(=O)N1CCC(N2CCC(C3CCCCN(Cc4ccccc4)C3=O)CC2)CC1. The minimum Gasteiger partial charge on any atom is -0.343 e. The second-order valence-electron chi connectivity index (χ2n) is 9.46. The molecule has 2 amide bonds. The maximum Gasteiger partial charge on any atom is 0.226 e. The average molecular weight is 412 g/mol. The van der Waals surface area contributed by atoms with Gasteiger partial charge in [-0.15, -0.1) is 0 Å². The minimum atomic E-state index is 0.206. The molecule has 5 nitrogen and oxygen atoms in total. The highest BCUT2D eigenvalue weighted by Crippen LogP contribution is 2.34. The van der Waals surface area contributed by atoms with Crippen LogP contribution in [0.2, 0.25) is 0 Å². The Labute approximate surface area is 181 Å². The number of carbonyl (C=O) groups excluding carboxylic acids is 2. The Balaban J connectivity index is 1.31. The molecular formula is C25H37N3O2. The van der Waals surface area contributed by atoms with Crippen LogP contribution >= 0.6 is 0 Å². The number of likely N-dealkylation sites (tertiary alicyclic amines) is 3. The zero-order chi connectivity index (χ0) is 20.9. The molecule has 164 valence electrons. The van der Waals surface area contributed by atoms with E-state index in [9.17, 15) is 9.59 Å². The maximum absolute atomic E-state index is 13.4. The molecule has 0 radical (unpaired) electrons. The van der Waals surface area contributed by atoms with Gasteiger partial charge in [0.05, 0.1) is 0 Å². The lowest BCUT2D eigenvalue weighted by Gasteiger charge is -2.43. The van der Waals surface area contributed by atoms with Gasteiger partial charge >= 0.3 is 0 Å². The van der Waals surface area contributed by atoms with E-state index >= 15 is 0 Å². The molecule has 5 heteroatoms. The Bertz CT molecular complexity index is 706. The molecule has 1 aromatic carbocycles. The molecule has 0 aliphatic carbocycles. The van der Waals surface area contributed by atoms with Crippen LogP contribution < -0.4 is 0 Å².